The Hall–Kier alpha value is 0.270. The molecule has 1 aliphatic heterocycles. The van der Waals surface area contributed by atoms with Crippen molar-refractivity contribution < 1.29 is 0 Å². The number of rotatable bonds is 6. The smallest absolute Gasteiger partial charge is 0.0244 e. The Morgan fingerprint density at radius 3 is 2.65 bits per heavy atom. The summed E-state index contributed by atoms with van der Waals surface area (Å²) in [5, 5.41) is 3.65. The van der Waals surface area contributed by atoms with Crippen molar-refractivity contribution in [1.82, 2.24) is 10.2 Å². The molecule has 102 valence electrons. The van der Waals surface area contributed by atoms with Gasteiger partial charge in [-0.2, -0.15) is 11.8 Å². The lowest BCUT2D eigenvalue weighted by Crippen LogP contribution is -2.55. The van der Waals surface area contributed by atoms with E-state index in [1.807, 2.05) is 11.8 Å². The van der Waals surface area contributed by atoms with Crippen molar-refractivity contribution in [2.75, 3.05) is 38.2 Å². The van der Waals surface area contributed by atoms with Crippen LogP contribution in [0.3, 0.4) is 0 Å². The maximum atomic E-state index is 3.65. The van der Waals surface area contributed by atoms with Gasteiger partial charge in [-0.15, -0.1) is 0 Å². The maximum absolute atomic E-state index is 3.65. The summed E-state index contributed by atoms with van der Waals surface area (Å²) >= 11 is 1.97. The first-order valence-electron chi connectivity index (χ1n) is 6.98. The zero-order valence-electron chi connectivity index (χ0n) is 12.1. The summed E-state index contributed by atoms with van der Waals surface area (Å²) in [5.74, 6) is 1.33. The van der Waals surface area contributed by atoms with Gasteiger partial charge in [-0.25, -0.2) is 0 Å². The highest BCUT2D eigenvalue weighted by atomic mass is 32.2. The summed E-state index contributed by atoms with van der Waals surface area (Å²) in [5.41, 5.74) is 0.386. The Kier molecular flexibility index (Phi) is 6.90. The molecule has 1 unspecified atom stereocenters. The molecule has 0 aromatic rings. The lowest BCUT2D eigenvalue weighted by Gasteiger charge is -2.40. The van der Waals surface area contributed by atoms with E-state index < -0.39 is 0 Å². The van der Waals surface area contributed by atoms with Gasteiger partial charge in [0.05, 0.1) is 0 Å². The summed E-state index contributed by atoms with van der Waals surface area (Å²) in [6.45, 7) is 11.9. The normalized spacial score (nSPS) is 22.9. The van der Waals surface area contributed by atoms with Gasteiger partial charge in [0.15, 0.2) is 0 Å². The number of nitrogens with one attached hydrogen (secondary N) is 1. The first kappa shape index (κ1) is 15.3. The van der Waals surface area contributed by atoms with Gasteiger partial charge in [0.25, 0.3) is 0 Å². The molecule has 0 aromatic carbocycles. The van der Waals surface area contributed by atoms with Crippen molar-refractivity contribution in [2.24, 2.45) is 5.41 Å². The number of unbranched alkanes of at least 4 members (excludes halogenated alkanes) is 2. The van der Waals surface area contributed by atoms with E-state index in [-0.39, 0.29) is 0 Å². The second-order valence-corrected chi connectivity index (χ2v) is 7.21. The Morgan fingerprint density at radius 1 is 1.24 bits per heavy atom. The highest BCUT2D eigenvalue weighted by Gasteiger charge is 2.28. The van der Waals surface area contributed by atoms with E-state index in [9.17, 15) is 0 Å². The van der Waals surface area contributed by atoms with Crippen LogP contribution in [0.15, 0.2) is 0 Å². The average molecular weight is 258 g/mol. The molecule has 1 saturated heterocycles. The Bertz CT molecular complexity index is 201. The third kappa shape index (κ3) is 6.12. The van der Waals surface area contributed by atoms with Gasteiger partial charge < -0.3 is 10.2 Å². The number of thioether (sulfide) groups is 1. The van der Waals surface area contributed by atoms with E-state index in [1.54, 1.807) is 0 Å². The first-order chi connectivity index (χ1) is 8.04. The fourth-order valence-electron chi connectivity index (χ4n) is 2.35. The number of piperazine rings is 1. The lowest BCUT2D eigenvalue weighted by molar-refractivity contribution is 0.133. The van der Waals surface area contributed by atoms with E-state index in [0.717, 1.165) is 6.54 Å². The largest absolute Gasteiger partial charge is 0.311 e. The van der Waals surface area contributed by atoms with Gasteiger partial charge in [0, 0.05) is 25.7 Å². The van der Waals surface area contributed by atoms with Crippen LogP contribution in [0.1, 0.15) is 40.0 Å². The predicted molar refractivity (Wildman–Crippen MR) is 79.9 cm³/mol. The standard InChI is InChI=1S/C14H30N2S/c1-14(2,3)13-12-16(10-8-15-13)9-6-5-7-11-17-4/h13,15H,5-12H2,1-4H3. The molecule has 1 heterocycles. The molecular weight excluding hydrogens is 228 g/mol. The lowest BCUT2D eigenvalue weighted by atomic mass is 9.85. The van der Waals surface area contributed by atoms with E-state index in [4.69, 9.17) is 0 Å². The fraction of sp³-hybridized carbons (Fsp3) is 1.00. The predicted octanol–water partition coefficient (Wildman–Crippen LogP) is 2.84. The molecule has 1 N–H and O–H groups in total. The maximum Gasteiger partial charge on any atom is 0.0244 e. The Balaban J connectivity index is 2.17. The highest BCUT2D eigenvalue weighted by molar-refractivity contribution is 7.98. The molecule has 0 aromatic heterocycles. The van der Waals surface area contributed by atoms with Crippen LogP contribution in [0.2, 0.25) is 0 Å². The van der Waals surface area contributed by atoms with Crippen LogP contribution in [-0.4, -0.2) is 49.1 Å². The molecule has 0 saturated carbocycles. The molecule has 3 heteroatoms. The molecular formula is C14H30N2S. The van der Waals surface area contributed by atoms with E-state index in [1.165, 1.54) is 44.6 Å². The Morgan fingerprint density at radius 2 is 2.00 bits per heavy atom. The molecule has 17 heavy (non-hydrogen) atoms. The van der Waals surface area contributed by atoms with Gasteiger partial charge in [-0.05, 0) is 36.8 Å². The number of hydrogen-bond donors (Lipinski definition) is 1. The van der Waals surface area contributed by atoms with E-state index in [2.05, 4.69) is 37.2 Å². The summed E-state index contributed by atoms with van der Waals surface area (Å²) in [6.07, 6.45) is 6.35. The topological polar surface area (TPSA) is 15.3 Å². The summed E-state index contributed by atoms with van der Waals surface area (Å²) < 4.78 is 0. The molecule has 0 aliphatic carbocycles. The molecule has 2 nitrogen and oxygen atoms in total. The van der Waals surface area contributed by atoms with Crippen molar-refractivity contribution >= 4 is 11.8 Å². The van der Waals surface area contributed by atoms with Crippen LogP contribution in [-0.2, 0) is 0 Å². The molecule has 0 amide bonds. The summed E-state index contributed by atoms with van der Waals surface area (Å²) in [6, 6.07) is 0.655. The van der Waals surface area contributed by atoms with Crippen molar-refractivity contribution in [1.29, 1.82) is 0 Å². The second-order valence-electron chi connectivity index (χ2n) is 6.23. The van der Waals surface area contributed by atoms with Crippen LogP contribution in [0.5, 0.6) is 0 Å². The average Bonchev–Trinajstić information content (AvgIpc) is 2.28. The zero-order valence-corrected chi connectivity index (χ0v) is 12.9. The third-order valence-corrected chi connectivity index (χ3v) is 4.32. The monoisotopic (exact) mass is 258 g/mol. The molecule has 1 atom stereocenters. The molecule has 0 spiro atoms. The minimum Gasteiger partial charge on any atom is -0.311 e. The van der Waals surface area contributed by atoms with Crippen LogP contribution in [0.4, 0.5) is 0 Å². The highest BCUT2D eigenvalue weighted by Crippen LogP contribution is 2.21. The number of nitrogens with zero attached hydrogens (tertiary/aromatic N) is 1. The van der Waals surface area contributed by atoms with Crippen LogP contribution in [0.25, 0.3) is 0 Å². The quantitative estimate of drug-likeness (QED) is 0.738. The second kappa shape index (κ2) is 7.65. The van der Waals surface area contributed by atoms with Crippen LogP contribution < -0.4 is 5.32 Å². The molecule has 1 fully saturated rings. The molecule has 0 bridgehead atoms. The zero-order chi connectivity index (χ0) is 12.7. The van der Waals surface area contributed by atoms with Crippen LogP contribution >= 0.6 is 11.8 Å². The van der Waals surface area contributed by atoms with E-state index in [0.29, 0.717) is 11.5 Å². The minimum absolute atomic E-state index is 0.386. The van der Waals surface area contributed by atoms with Gasteiger partial charge in [-0.1, -0.05) is 27.2 Å². The first-order valence-corrected chi connectivity index (χ1v) is 8.38. The van der Waals surface area contributed by atoms with Gasteiger partial charge in [0.1, 0.15) is 0 Å². The SMILES string of the molecule is CSCCCCCN1CCNC(C(C)(C)C)C1. The van der Waals surface area contributed by atoms with Crippen molar-refractivity contribution in [2.45, 2.75) is 46.1 Å². The summed E-state index contributed by atoms with van der Waals surface area (Å²) in [7, 11) is 0. The van der Waals surface area contributed by atoms with Crippen LogP contribution in [0, 0.1) is 5.41 Å². The third-order valence-electron chi connectivity index (χ3n) is 3.63. The minimum atomic E-state index is 0.386. The summed E-state index contributed by atoms with van der Waals surface area (Å²) in [4.78, 5) is 2.64. The van der Waals surface area contributed by atoms with Crippen molar-refractivity contribution in [3.05, 3.63) is 0 Å². The van der Waals surface area contributed by atoms with Gasteiger partial charge in [-0.3, -0.25) is 0 Å². The van der Waals surface area contributed by atoms with E-state index >= 15 is 0 Å². The van der Waals surface area contributed by atoms with Gasteiger partial charge in [0.2, 0.25) is 0 Å². The molecule has 1 rings (SSSR count). The Labute approximate surface area is 112 Å². The number of hydrogen-bond acceptors (Lipinski definition) is 3. The molecule has 0 radical (unpaired) electrons. The van der Waals surface area contributed by atoms with Crippen molar-refractivity contribution in [3.8, 4) is 0 Å². The van der Waals surface area contributed by atoms with Gasteiger partial charge >= 0.3 is 0 Å². The van der Waals surface area contributed by atoms with Crippen molar-refractivity contribution in [3.63, 3.8) is 0 Å². The molecule has 1 aliphatic rings. The fourth-order valence-corrected chi connectivity index (χ4v) is 2.85.